The van der Waals surface area contributed by atoms with Crippen LogP contribution in [0.5, 0.6) is 0 Å². The van der Waals surface area contributed by atoms with Crippen LogP contribution in [0.2, 0.25) is 0 Å². The number of carbonyl (C=O) groups excluding carboxylic acids is 2. The van der Waals surface area contributed by atoms with Crippen molar-refractivity contribution in [3.63, 3.8) is 0 Å². The number of hydrogen-bond acceptors (Lipinski definition) is 2. The van der Waals surface area contributed by atoms with Crippen LogP contribution in [0.4, 0.5) is 20.2 Å². The van der Waals surface area contributed by atoms with Crippen molar-refractivity contribution >= 4 is 23.2 Å². The van der Waals surface area contributed by atoms with E-state index < -0.39 is 29.4 Å². The second kappa shape index (κ2) is 6.63. The van der Waals surface area contributed by atoms with Gasteiger partial charge in [0.2, 0.25) is 11.8 Å². The number of carbonyl (C=O) groups is 2. The van der Waals surface area contributed by atoms with Crippen molar-refractivity contribution in [3.8, 4) is 0 Å². The highest BCUT2D eigenvalue weighted by Crippen LogP contribution is 2.27. The molecule has 0 aromatic heterocycles. The first kappa shape index (κ1) is 17.1. The summed E-state index contributed by atoms with van der Waals surface area (Å²) in [5, 5.41) is 2.75. The van der Waals surface area contributed by atoms with Gasteiger partial charge in [-0.15, -0.1) is 0 Å². The summed E-state index contributed by atoms with van der Waals surface area (Å²) < 4.78 is 26.4. The van der Waals surface area contributed by atoms with Crippen molar-refractivity contribution in [2.75, 3.05) is 16.8 Å². The fourth-order valence-electron chi connectivity index (χ4n) is 2.88. The number of amides is 2. The maximum Gasteiger partial charge on any atom is 0.239 e. The van der Waals surface area contributed by atoms with E-state index in [1.54, 1.807) is 6.07 Å². The van der Waals surface area contributed by atoms with Gasteiger partial charge in [0.15, 0.2) is 11.6 Å². The number of halogens is 2. The summed E-state index contributed by atoms with van der Waals surface area (Å²) in [7, 11) is 0. The highest BCUT2D eigenvalue weighted by Gasteiger charge is 2.37. The minimum Gasteiger partial charge on any atom is -0.325 e. The standard InChI is InChI=1S/C19H18F2N2O2/c1-11-3-4-13(9-12(11)2)22-18(24)15-7-8-23(19(15)25)14-5-6-16(20)17(21)10-14/h3-6,9-10,15H,7-8H2,1-2H3,(H,22,24). The average molecular weight is 344 g/mol. The molecule has 3 rings (SSSR count). The molecule has 0 bridgehead atoms. The van der Waals surface area contributed by atoms with Gasteiger partial charge < -0.3 is 10.2 Å². The molecule has 2 amide bonds. The summed E-state index contributed by atoms with van der Waals surface area (Å²) in [5.74, 6) is -3.63. The summed E-state index contributed by atoms with van der Waals surface area (Å²) in [5.41, 5.74) is 3.04. The first-order valence-corrected chi connectivity index (χ1v) is 8.01. The highest BCUT2D eigenvalue weighted by atomic mass is 19.2. The van der Waals surface area contributed by atoms with Crippen LogP contribution >= 0.6 is 0 Å². The first-order valence-electron chi connectivity index (χ1n) is 8.01. The summed E-state index contributed by atoms with van der Waals surface area (Å²) >= 11 is 0. The normalized spacial score (nSPS) is 17.0. The molecule has 0 spiro atoms. The molecule has 25 heavy (non-hydrogen) atoms. The third-order valence-corrected chi connectivity index (χ3v) is 4.51. The van der Waals surface area contributed by atoms with Crippen LogP contribution in [-0.2, 0) is 9.59 Å². The predicted molar refractivity (Wildman–Crippen MR) is 91.4 cm³/mol. The van der Waals surface area contributed by atoms with Crippen molar-refractivity contribution in [1.82, 2.24) is 0 Å². The van der Waals surface area contributed by atoms with E-state index >= 15 is 0 Å². The molecule has 1 unspecified atom stereocenters. The summed E-state index contributed by atoms with van der Waals surface area (Å²) in [6.07, 6.45) is 0.328. The van der Waals surface area contributed by atoms with Gasteiger partial charge in [0.25, 0.3) is 0 Å². The minimum absolute atomic E-state index is 0.255. The van der Waals surface area contributed by atoms with Gasteiger partial charge in [-0.05, 0) is 55.7 Å². The molecule has 2 aromatic carbocycles. The molecule has 6 heteroatoms. The van der Waals surface area contributed by atoms with E-state index in [-0.39, 0.29) is 12.2 Å². The third kappa shape index (κ3) is 3.38. The van der Waals surface area contributed by atoms with E-state index in [9.17, 15) is 18.4 Å². The van der Waals surface area contributed by atoms with Crippen molar-refractivity contribution in [2.24, 2.45) is 5.92 Å². The number of nitrogens with one attached hydrogen (secondary N) is 1. The topological polar surface area (TPSA) is 49.4 Å². The number of aryl methyl sites for hydroxylation is 2. The summed E-state index contributed by atoms with van der Waals surface area (Å²) in [6, 6.07) is 8.80. The molecule has 4 nitrogen and oxygen atoms in total. The highest BCUT2D eigenvalue weighted by molar-refractivity contribution is 6.13. The minimum atomic E-state index is -1.02. The van der Waals surface area contributed by atoms with Crippen LogP contribution < -0.4 is 10.2 Å². The Labute approximate surface area is 144 Å². The lowest BCUT2D eigenvalue weighted by Crippen LogP contribution is -2.33. The molecule has 1 heterocycles. The number of nitrogens with zero attached hydrogens (tertiary/aromatic N) is 1. The smallest absolute Gasteiger partial charge is 0.239 e. The van der Waals surface area contributed by atoms with Gasteiger partial charge in [0.05, 0.1) is 0 Å². The lowest BCUT2D eigenvalue weighted by Gasteiger charge is -2.17. The molecule has 1 N–H and O–H groups in total. The Bertz CT molecular complexity index is 851. The maximum absolute atomic E-state index is 13.4. The Balaban J connectivity index is 1.73. The van der Waals surface area contributed by atoms with Gasteiger partial charge >= 0.3 is 0 Å². The number of benzene rings is 2. The maximum atomic E-state index is 13.4. The molecule has 130 valence electrons. The Hall–Kier alpha value is -2.76. The molecule has 0 saturated carbocycles. The second-order valence-corrected chi connectivity index (χ2v) is 6.22. The first-order chi connectivity index (χ1) is 11.9. The zero-order valence-electron chi connectivity index (χ0n) is 14.0. The van der Waals surface area contributed by atoms with Crippen molar-refractivity contribution < 1.29 is 18.4 Å². The third-order valence-electron chi connectivity index (χ3n) is 4.51. The van der Waals surface area contributed by atoms with Crippen LogP contribution in [0.25, 0.3) is 0 Å². The van der Waals surface area contributed by atoms with E-state index in [0.29, 0.717) is 12.1 Å². The second-order valence-electron chi connectivity index (χ2n) is 6.22. The fourth-order valence-corrected chi connectivity index (χ4v) is 2.88. The van der Waals surface area contributed by atoms with Crippen LogP contribution in [0.15, 0.2) is 36.4 Å². The zero-order valence-corrected chi connectivity index (χ0v) is 14.0. The largest absolute Gasteiger partial charge is 0.325 e. The molecule has 1 aliphatic rings. The molecule has 2 aromatic rings. The van der Waals surface area contributed by atoms with Gasteiger partial charge in [-0.1, -0.05) is 6.07 Å². The predicted octanol–water partition coefficient (Wildman–Crippen LogP) is 3.57. The number of anilines is 2. The van der Waals surface area contributed by atoms with Crippen LogP contribution in [0.1, 0.15) is 17.5 Å². The monoisotopic (exact) mass is 344 g/mol. The quantitative estimate of drug-likeness (QED) is 0.866. The van der Waals surface area contributed by atoms with Gasteiger partial charge in [-0.3, -0.25) is 9.59 Å². The molecule has 0 aliphatic carbocycles. The van der Waals surface area contributed by atoms with Crippen molar-refractivity contribution in [3.05, 3.63) is 59.2 Å². The molecule has 0 radical (unpaired) electrons. The Kier molecular flexibility index (Phi) is 4.53. The van der Waals surface area contributed by atoms with Crippen LogP contribution in [0, 0.1) is 31.4 Å². The molecular formula is C19H18F2N2O2. The van der Waals surface area contributed by atoms with E-state index in [2.05, 4.69) is 5.32 Å². The molecular weight excluding hydrogens is 326 g/mol. The lowest BCUT2D eigenvalue weighted by molar-refractivity contribution is -0.129. The van der Waals surface area contributed by atoms with Crippen LogP contribution in [-0.4, -0.2) is 18.4 Å². The lowest BCUT2D eigenvalue weighted by atomic mass is 10.1. The van der Waals surface area contributed by atoms with Gasteiger partial charge in [0.1, 0.15) is 5.92 Å². The Morgan fingerprint density at radius 3 is 2.52 bits per heavy atom. The summed E-state index contributed by atoms with van der Waals surface area (Å²) in [4.78, 5) is 26.2. The fraction of sp³-hybridized carbons (Fsp3) is 0.263. The van der Waals surface area contributed by atoms with Gasteiger partial charge in [-0.2, -0.15) is 0 Å². The van der Waals surface area contributed by atoms with Gasteiger partial charge in [-0.25, -0.2) is 8.78 Å². The summed E-state index contributed by atoms with van der Waals surface area (Å²) in [6.45, 7) is 4.20. The molecule has 1 aliphatic heterocycles. The Morgan fingerprint density at radius 1 is 1.08 bits per heavy atom. The van der Waals surface area contributed by atoms with Crippen molar-refractivity contribution in [2.45, 2.75) is 20.3 Å². The number of rotatable bonds is 3. The SMILES string of the molecule is Cc1ccc(NC(=O)C2CCN(c3ccc(F)c(F)c3)C2=O)cc1C. The molecule has 1 fully saturated rings. The van der Waals surface area contributed by atoms with E-state index in [4.69, 9.17) is 0 Å². The molecule has 1 atom stereocenters. The van der Waals surface area contributed by atoms with Crippen LogP contribution in [0.3, 0.4) is 0 Å². The van der Waals surface area contributed by atoms with E-state index in [1.807, 2.05) is 26.0 Å². The van der Waals surface area contributed by atoms with Crippen molar-refractivity contribution in [1.29, 1.82) is 0 Å². The number of hydrogen-bond donors (Lipinski definition) is 1. The zero-order chi connectivity index (χ0) is 18.1. The van der Waals surface area contributed by atoms with E-state index in [0.717, 1.165) is 23.3 Å². The van der Waals surface area contributed by atoms with E-state index in [1.165, 1.54) is 11.0 Å². The Morgan fingerprint density at radius 2 is 1.84 bits per heavy atom. The van der Waals surface area contributed by atoms with Gasteiger partial charge in [0, 0.05) is 24.0 Å². The molecule has 1 saturated heterocycles. The average Bonchev–Trinajstić information content (AvgIpc) is 2.95.